The number of carbonyl (C=O) groups excluding carboxylic acids is 1. The van der Waals surface area contributed by atoms with Crippen LogP contribution in [0.25, 0.3) is 6.08 Å². The van der Waals surface area contributed by atoms with Crippen molar-refractivity contribution >= 4 is 41.1 Å². The molecule has 18 heavy (non-hydrogen) atoms. The number of hydrogen-bond donors (Lipinski definition) is 1. The molecule has 1 aromatic heterocycles. The SMILES string of the molecule is CSCC(=O)N(C)Cc1cc(C=CC(=O)O)cs1. The van der Waals surface area contributed by atoms with Crippen molar-refractivity contribution < 1.29 is 14.7 Å². The quantitative estimate of drug-likeness (QED) is 0.814. The lowest BCUT2D eigenvalue weighted by Gasteiger charge is -2.15. The van der Waals surface area contributed by atoms with Crippen LogP contribution in [0, 0.1) is 0 Å². The first-order chi connectivity index (χ1) is 8.52. The molecule has 0 aliphatic heterocycles. The molecule has 0 aliphatic carbocycles. The van der Waals surface area contributed by atoms with Crippen molar-refractivity contribution in [2.75, 3.05) is 19.1 Å². The van der Waals surface area contributed by atoms with Crippen molar-refractivity contribution in [1.82, 2.24) is 4.90 Å². The number of carboxylic acid groups (broad SMARTS) is 1. The predicted octanol–water partition coefficient (Wildman–Crippen LogP) is 2.17. The first kappa shape index (κ1) is 14.8. The van der Waals surface area contributed by atoms with E-state index in [1.54, 1.807) is 18.0 Å². The Hall–Kier alpha value is -1.27. The Kier molecular flexibility index (Phi) is 5.94. The van der Waals surface area contributed by atoms with Gasteiger partial charge in [0.15, 0.2) is 0 Å². The van der Waals surface area contributed by atoms with Crippen LogP contribution in [0.4, 0.5) is 0 Å². The van der Waals surface area contributed by atoms with E-state index in [1.165, 1.54) is 23.1 Å². The van der Waals surface area contributed by atoms with Gasteiger partial charge in [0.2, 0.25) is 5.91 Å². The van der Waals surface area contributed by atoms with Gasteiger partial charge in [0.05, 0.1) is 12.3 Å². The molecule has 1 amide bonds. The van der Waals surface area contributed by atoms with Gasteiger partial charge in [0, 0.05) is 18.0 Å². The number of amides is 1. The second-order valence-electron chi connectivity index (χ2n) is 3.70. The number of aliphatic carboxylic acids is 1. The molecule has 0 saturated carbocycles. The lowest BCUT2D eigenvalue weighted by atomic mass is 10.3. The highest BCUT2D eigenvalue weighted by Crippen LogP contribution is 2.17. The molecule has 1 heterocycles. The molecule has 1 rings (SSSR count). The highest BCUT2D eigenvalue weighted by atomic mass is 32.2. The van der Waals surface area contributed by atoms with Gasteiger partial charge in [-0.3, -0.25) is 4.79 Å². The van der Waals surface area contributed by atoms with Gasteiger partial charge in [-0.25, -0.2) is 4.79 Å². The molecule has 0 aromatic carbocycles. The number of thiophene rings is 1. The summed E-state index contributed by atoms with van der Waals surface area (Å²) in [6.45, 7) is 0.560. The zero-order valence-corrected chi connectivity index (χ0v) is 11.9. The number of carbonyl (C=O) groups is 2. The van der Waals surface area contributed by atoms with Crippen LogP contribution in [-0.2, 0) is 16.1 Å². The molecule has 0 aliphatic rings. The van der Waals surface area contributed by atoms with Crippen LogP contribution in [0.15, 0.2) is 17.5 Å². The minimum atomic E-state index is -0.963. The normalized spacial score (nSPS) is 10.8. The van der Waals surface area contributed by atoms with Crippen molar-refractivity contribution in [3.05, 3.63) is 28.0 Å². The number of thioether (sulfide) groups is 1. The topological polar surface area (TPSA) is 57.6 Å². The van der Waals surface area contributed by atoms with Crippen molar-refractivity contribution in [1.29, 1.82) is 0 Å². The van der Waals surface area contributed by atoms with Gasteiger partial charge in [-0.2, -0.15) is 11.8 Å². The highest BCUT2D eigenvalue weighted by molar-refractivity contribution is 7.99. The standard InChI is InChI=1S/C12H15NO3S2/c1-13(11(14)8-17-2)6-10-5-9(7-18-10)3-4-12(15)16/h3-5,7H,6,8H2,1-2H3,(H,15,16). The fraction of sp³-hybridized carbons (Fsp3) is 0.333. The van der Waals surface area contributed by atoms with E-state index >= 15 is 0 Å². The smallest absolute Gasteiger partial charge is 0.328 e. The monoisotopic (exact) mass is 285 g/mol. The average molecular weight is 285 g/mol. The summed E-state index contributed by atoms with van der Waals surface area (Å²) in [5.74, 6) is -0.387. The fourth-order valence-corrected chi connectivity index (χ4v) is 2.66. The maximum absolute atomic E-state index is 11.6. The van der Waals surface area contributed by atoms with Crippen LogP contribution in [0.5, 0.6) is 0 Å². The first-order valence-corrected chi connectivity index (χ1v) is 7.51. The van der Waals surface area contributed by atoms with E-state index in [1.807, 2.05) is 17.7 Å². The Labute approximate surface area is 114 Å². The van der Waals surface area contributed by atoms with Gasteiger partial charge >= 0.3 is 5.97 Å². The van der Waals surface area contributed by atoms with E-state index in [2.05, 4.69) is 0 Å². The molecule has 0 fully saturated rings. The maximum atomic E-state index is 11.6. The molecular formula is C12H15NO3S2. The molecule has 0 radical (unpaired) electrons. The largest absolute Gasteiger partial charge is 0.478 e. The Balaban J connectivity index is 2.58. The average Bonchev–Trinajstić information content (AvgIpc) is 2.74. The van der Waals surface area contributed by atoms with E-state index in [-0.39, 0.29) is 5.91 Å². The molecule has 0 bridgehead atoms. The van der Waals surface area contributed by atoms with Crippen LogP contribution in [0.1, 0.15) is 10.4 Å². The number of rotatable bonds is 6. The van der Waals surface area contributed by atoms with Gasteiger partial charge < -0.3 is 10.0 Å². The highest BCUT2D eigenvalue weighted by Gasteiger charge is 2.09. The van der Waals surface area contributed by atoms with Crippen LogP contribution in [0.3, 0.4) is 0 Å². The van der Waals surface area contributed by atoms with Crippen molar-refractivity contribution in [3.63, 3.8) is 0 Å². The molecule has 0 atom stereocenters. The summed E-state index contributed by atoms with van der Waals surface area (Å²) in [6.07, 6.45) is 4.55. The van der Waals surface area contributed by atoms with E-state index in [4.69, 9.17) is 5.11 Å². The Morgan fingerprint density at radius 2 is 2.28 bits per heavy atom. The maximum Gasteiger partial charge on any atom is 0.328 e. The van der Waals surface area contributed by atoms with Gasteiger partial charge in [0.1, 0.15) is 0 Å². The van der Waals surface area contributed by atoms with Crippen LogP contribution < -0.4 is 0 Å². The minimum absolute atomic E-state index is 0.0959. The molecule has 4 nitrogen and oxygen atoms in total. The number of carboxylic acids is 1. The first-order valence-electron chi connectivity index (χ1n) is 5.24. The predicted molar refractivity (Wildman–Crippen MR) is 75.8 cm³/mol. The summed E-state index contributed by atoms with van der Waals surface area (Å²) in [7, 11) is 1.77. The molecular weight excluding hydrogens is 270 g/mol. The molecule has 0 spiro atoms. The second kappa shape index (κ2) is 7.23. The summed E-state index contributed by atoms with van der Waals surface area (Å²) in [5, 5.41) is 10.4. The molecule has 0 saturated heterocycles. The minimum Gasteiger partial charge on any atom is -0.478 e. The van der Waals surface area contributed by atoms with Gasteiger partial charge in [0.25, 0.3) is 0 Å². The third-order valence-corrected chi connectivity index (χ3v) is 3.65. The second-order valence-corrected chi connectivity index (χ2v) is 5.56. The van der Waals surface area contributed by atoms with Crippen LogP contribution >= 0.6 is 23.1 Å². The Morgan fingerprint density at radius 1 is 1.56 bits per heavy atom. The fourth-order valence-electron chi connectivity index (χ4n) is 1.29. The zero-order valence-electron chi connectivity index (χ0n) is 10.3. The molecule has 98 valence electrons. The summed E-state index contributed by atoms with van der Waals surface area (Å²) >= 11 is 3.02. The zero-order chi connectivity index (χ0) is 13.5. The third-order valence-electron chi connectivity index (χ3n) is 2.18. The summed E-state index contributed by atoms with van der Waals surface area (Å²) < 4.78 is 0. The lowest BCUT2D eigenvalue weighted by molar-refractivity contribution is -0.131. The lowest BCUT2D eigenvalue weighted by Crippen LogP contribution is -2.27. The third kappa shape index (κ3) is 4.93. The van der Waals surface area contributed by atoms with Gasteiger partial charge in [-0.15, -0.1) is 11.3 Å². The van der Waals surface area contributed by atoms with Crippen LogP contribution in [-0.4, -0.2) is 40.9 Å². The van der Waals surface area contributed by atoms with Crippen molar-refractivity contribution in [3.8, 4) is 0 Å². The Morgan fingerprint density at radius 3 is 2.89 bits per heavy atom. The molecule has 1 aromatic rings. The summed E-state index contributed by atoms with van der Waals surface area (Å²) in [5.41, 5.74) is 0.850. The molecule has 1 N–H and O–H groups in total. The van der Waals surface area contributed by atoms with Gasteiger partial charge in [-0.05, 0) is 29.3 Å². The van der Waals surface area contributed by atoms with E-state index in [0.29, 0.717) is 12.3 Å². The summed E-state index contributed by atoms with van der Waals surface area (Å²) in [6, 6.07) is 1.90. The van der Waals surface area contributed by atoms with Crippen molar-refractivity contribution in [2.24, 2.45) is 0 Å². The van der Waals surface area contributed by atoms with Gasteiger partial charge in [-0.1, -0.05) is 0 Å². The summed E-state index contributed by atoms with van der Waals surface area (Å²) in [4.78, 5) is 24.7. The number of nitrogens with zero attached hydrogens (tertiary/aromatic N) is 1. The van der Waals surface area contributed by atoms with Crippen LogP contribution in [0.2, 0.25) is 0 Å². The number of hydrogen-bond acceptors (Lipinski definition) is 4. The van der Waals surface area contributed by atoms with E-state index < -0.39 is 5.97 Å². The molecule has 0 unspecified atom stereocenters. The molecule has 6 heteroatoms. The van der Waals surface area contributed by atoms with E-state index in [9.17, 15) is 9.59 Å². The van der Waals surface area contributed by atoms with E-state index in [0.717, 1.165) is 16.5 Å². The Bertz CT molecular complexity index is 454. The van der Waals surface area contributed by atoms with Crippen molar-refractivity contribution in [2.45, 2.75) is 6.54 Å².